The van der Waals surface area contributed by atoms with E-state index in [1.165, 1.54) is 0 Å². The predicted octanol–water partition coefficient (Wildman–Crippen LogP) is 1.07. The third kappa shape index (κ3) is 1.92. The third-order valence-electron chi connectivity index (χ3n) is 2.37. The van der Waals surface area contributed by atoms with Crippen LogP contribution in [0.1, 0.15) is 16.8 Å². The van der Waals surface area contributed by atoms with Gasteiger partial charge >= 0.3 is 0 Å². The second kappa shape index (κ2) is 3.88. The Balaban J connectivity index is 2.09. The van der Waals surface area contributed by atoms with Gasteiger partial charge in [0, 0.05) is 30.3 Å². The summed E-state index contributed by atoms with van der Waals surface area (Å²) in [4.78, 5) is 13.8. The van der Waals surface area contributed by atoms with Gasteiger partial charge in [0.15, 0.2) is 0 Å². The fourth-order valence-electron chi connectivity index (χ4n) is 1.62. The van der Waals surface area contributed by atoms with Crippen molar-refractivity contribution in [2.45, 2.75) is 10.3 Å². The zero-order valence-electron chi connectivity index (χ0n) is 7.98. The number of alkyl halides is 1. The van der Waals surface area contributed by atoms with Crippen molar-refractivity contribution < 1.29 is 4.79 Å². The Morgan fingerprint density at radius 2 is 2.50 bits per heavy atom. The molecule has 1 amide bonds. The van der Waals surface area contributed by atoms with Gasteiger partial charge in [-0.25, -0.2) is 0 Å². The minimum Gasteiger partial charge on any atom is -0.337 e. The molecule has 0 saturated carbocycles. The Hall–Kier alpha value is -0.590. The highest BCUT2D eigenvalue weighted by Gasteiger charge is 2.25. The van der Waals surface area contributed by atoms with Crippen molar-refractivity contribution in [1.29, 1.82) is 0 Å². The summed E-state index contributed by atoms with van der Waals surface area (Å²) in [5.74, 6) is 0.109. The lowest BCUT2D eigenvalue weighted by Gasteiger charge is -2.13. The molecule has 0 spiro atoms. The summed E-state index contributed by atoms with van der Waals surface area (Å²) in [5, 5.41) is 4.00. The van der Waals surface area contributed by atoms with Crippen molar-refractivity contribution in [2.24, 2.45) is 7.05 Å². The molecule has 1 atom stereocenters. The van der Waals surface area contributed by atoms with Crippen LogP contribution in [0.25, 0.3) is 0 Å². The van der Waals surface area contributed by atoms with E-state index in [1.807, 2.05) is 11.9 Å². The number of hydrogen-bond acceptors (Lipinski definition) is 2. The first-order valence-electron chi connectivity index (χ1n) is 4.59. The van der Waals surface area contributed by atoms with Crippen molar-refractivity contribution in [3.63, 3.8) is 0 Å². The largest absolute Gasteiger partial charge is 0.337 e. The Morgan fingerprint density at radius 1 is 1.71 bits per heavy atom. The average Bonchev–Trinajstić information content (AvgIpc) is 2.73. The first kappa shape index (κ1) is 9.95. The Bertz CT molecular complexity index is 350. The van der Waals surface area contributed by atoms with E-state index in [1.54, 1.807) is 17.1 Å². The third-order valence-corrected chi connectivity index (χ3v) is 3.39. The van der Waals surface area contributed by atoms with Crippen LogP contribution < -0.4 is 0 Å². The summed E-state index contributed by atoms with van der Waals surface area (Å²) < 4.78 is 2.26. The van der Waals surface area contributed by atoms with E-state index in [2.05, 4.69) is 27.7 Å². The van der Waals surface area contributed by atoms with Crippen molar-refractivity contribution in [3.05, 3.63) is 18.0 Å². The fraction of sp³-hybridized carbons (Fsp3) is 0.556. The second-order valence-electron chi connectivity index (χ2n) is 3.54. The van der Waals surface area contributed by atoms with Gasteiger partial charge in [-0.1, -0.05) is 22.6 Å². The molecule has 2 heterocycles. The predicted molar refractivity (Wildman–Crippen MR) is 61.5 cm³/mol. The van der Waals surface area contributed by atoms with Gasteiger partial charge in [0.05, 0.1) is 11.8 Å². The van der Waals surface area contributed by atoms with Crippen LogP contribution in [0.15, 0.2) is 12.4 Å². The molecule has 1 aromatic heterocycles. The number of rotatable bonds is 1. The van der Waals surface area contributed by atoms with E-state index < -0.39 is 0 Å². The van der Waals surface area contributed by atoms with Gasteiger partial charge in [-0.15, -0.1) is 0 Å². The highest BCUT2D eigenvalue weighted by atomic mass is 127. The zero-order valence-corrected chi connectivity index (χ0v) is 10.1. The SMILES string of the molecule is Cn1cc(C(=O)N2CCC(I)C2)cn1. The van der Waals surface area contributed by atoms with Crippen LogP contribution in [0.4, 0.5) is 0 Å². The Labute approximate surface area is 96.4 Å². The summed E-state index contributed by atoms with van der Waals surface area (Å²) in [7, 11) is 1.82. The van der Waals surface area contributed by atoms with Crippen molar-refractivity contribution in [2.75, 3.05) is 13.1 Å². The summed E-state index contributed by atoms with van der Waals surface area (Å²) in [6.07, 6.45) is 4.50. The summed E-state index contributed by atoms with van der Waals surface area (Å²) in [5.41, 5.74) is 0.693. The van der Waals surface area contributed by atoms with Gasteiger partial charge in [-0.05, 0) is 6.42 Å². The molecule has 0 N–H and O–H groups in total. The van der Waals surface area contributed by atoms with Gasteiger partial charge in [0.25, 0.3) is 5.91 Å². The van der Waals surface area contributed by atoms with Gasteiger partial charge in [0.1, 0.15) is 0 Å². The Morgan fingerprint density at radius 3 is 3.00 bits per heavy atom. The number of amides is 1. The molecule has 14 heavy (non-hydrogen) atoms. The average molecular weight is 305 g/mol. The monoisotopic (exact) mass is 305 g/mol. The second-order valence-corrected chi connectivity index (χ2v) is 5.30. The molecule has 0 bridgehead atoms. The molecular weight excluding hydrogens is 293 g/mol. The molecule has 1 saturated heterocycles. The minimum atomic E-state index is 0.109. The molecule has 2 rings (SSSR count). The van der Waals surface area contributed by atoms with Crippen LogP contribution >= 0.6 is 22.6 Å². The van der Waals surface area contributed by atoms with Crippen molar-refractivity contribution in [1.82, 2.24) is 14.7 Å². The smallest absolute Gasteiger partial charge is 0.257 e. The van der Waals surface area contributed by atoms with Gasteiger partial charge in [-0.3, -0.25) is 9.48 Å². The zero-order chi connectivity index (χ0) is 10.1. The van der Waals surface area contributed by atoms with Crippen LogP contribution in [0.3, 0.4) is 0 Å². The maximum atomic E-state index is 11.9. The minimum absolute atomic E-state index is 0.109. The summed E-state index contributed by atoms with van der Waals surface area (Å²) in [6.45, 7) is 1.75. The lowest BCUT2D eigenvalue weighted by atomic mass is 10.3. The van der Waals surface area contributed by atoms with Crippen LogP contribution in [0.5, 0.6) is 0 Å². The normalized spacial score (nSPS) is 21.6. The van der Waals surface area contributed by atoms with E-state index in [-0.39, 0.29) is 5.91 Å². The molecule has 0 radical (unpaired) electrons. The molecule has 1 aromatic rings. The number of likely N-dealkylation sites (tertiary alicyclic amines) is 1. The van der Waals surface area contributed by atoms with Gasteiger partial charge in [0.2, 0.25) is 0 Å². The molecule has 5 heteroatoms. The molecule has 1 aliphatic rings. The molecule has 1 unspecified atom stereocenters. The van der Waals surface area contributed by atoms with Gasteiger partial charge in [-0.2, -0.15) is 5.10 Å². The van der Waals surface area contributed by atoms with E-state index in [9.17, 15) is 4.79 Å². The van der Waals surface area contributed by atoms with E-state index in [0.29, 0.717) is 9.49 Å². The molecule has 0 aromatic carbocycles. The Kier molecular flexibility index (Phi) is 2.76. The molecular formula is C9H12IN3O. The molecule has 1 fully saturated rings. The number of aromatic nitrogens is 2. The lowest BCUT2D eigenvalue weighted by Crippen LogP contribution is -2.28. The van der Waals surface area contributed by atoms with Crippen molar-refractivity contribution in [3.8, 4) is 0 Å². The van der Waals surface area contributed by atoms with E-state index >= 15 is 0 Å². The number of nitrogens with zero attached hydrogens (tertiary/aromatic N) is 3. The first-order chi connectivity index (χ1) is 6.66. The fourth-order valence-corrected chi connectivity index (χ4v) is 2.37. The van der Waals surface area contributed by atoms with E-state index in [0.717, 1.165) is 19.5 Å². The maximum Gasteiger partial charge on any atom is 0.257 e. The number of carbonyl (C=O) groups excluding carboxylic acids is 1. The van der Waals surface area contributed by atoms with E-state index in [4.69, 9.17) is 0 Å². The molecule has 4 nitrogen and oxygen atoms in total. The van der Waals surface area contributed by atoms with Gasteiger partial charge < -0.3 is 4.90 Å². The summed E-state index contributed by atoms with van der Waals surface area (Å²) in [6, 6.07) is 0. The number of hydrogen-bond donors (Lipinski definition) is 0. The van der Waals surface area contributed by atoms with Crippen LogP contribution in [0.2, 0.25) is 0 Å². The van der Waals surface area contributed by atoms with Crippen molar-refractivity contribution >= 4 is 28.5 Å². The quantitative estimate of drug-likeness (QED) is 0.575. The summed E-state index contributed by atoms with van der Waals surface area (Å²) >= 11 is 2.39. The van der Waals surface area contributed by atoms with Crippen LogP contribution in [0, 0.1) is 0 Å². The maximum absolute atomic E-state index is 11.9. The molecule has 1 aliphatic heterocycles. The molecule has 0 aliphatic carbocycles. The number of aryl methyl sites for hydroxylation is 1. The standard InChI is InChI=1S/C9H12IN3O/c1-12-5-7(4-11-12)9(14)13-3-2-8(10)6-13/h4-5,8H,2-3,6H2,1H3. The lowest BCUT2D eigenvalue weighted by molar-refractivity contribution is 0.0793. The topological polar surface area (TPSA) is 38.1 Å². The highest BCUT2D eigenvalue weighted by molar-refractivity contribution is 14.1. The molecule has 76 valence electrons. The first-order valence-corrected chi connectivity index (χ1v) is 5.83. The number of halogens is 1. The number of carbonyl (C=O) groups is 1. The van der Waals surface area contributed by atoms with Crippen LogP contribution in [-0.2, 0) is 7.05 Å². The highest BCUT2D eigenvalue weighted by Crippen LogP contribution is 2.18. The van der Waals surface area contributed by atoms with Crippen LogP contribution in [-0.4, -0.2) is 37.6 Å².